The average Bonchev–Trinajstić information content (AvgIpc) is 2.92. The molecule has 4 unspecified atom stereocenters. The first-order valence-electron chi connectivity index (χ1n) is 7.31. The quantitative estimate of drug-likeness (QED) is 0.845. The van der Waals surface area contributed by atoms with Gasteiger partial charge in [-0.25, -0.2) is 0 Å². The zero-order chi connectivity index (χ0) is 14.3. The highest BCUT2D eigenvalue weighted by Gasteiger charge is 2.49. The Hall–Kier alpha value is -0.390. The van der Waals surface area contributed by atoms with Crippen molar-refractivity contribution in [2.75, 3.05) is 0 Å². The molecular weight excluding hydrogens is 338 g/mol. The molecule has 4 atom stereocenters. The second-order valence-corrected chi connectivity index (χ2v) is 8.07. The standard InChI is InChI=1S/C15H20BrNO2S/c1-2-10-6-12(16)14(20-10)7-17-13-5-8-3-9(15(18)19)4-11(8)13/h6,8-9,11,13,17H,2-5,7H2,1H3,(H,18,19). The predicted molar refractivity (Wildman–Crippen MR) is 84.0 cm³/mol. The summed E-state index contributed by atoms with van der Waals surface area (Å²) < 4.78 is 1.21. The fraction of sp³-hybridized carbons (Fsp3) is 0.667. The van der Waals surface area contributed by atoms with Gasteiger partial charge in [-0.15, -0.1) is 11.3 Å². The summed E-state index contributed by atoms with van der Waals surface area (Å²) in [4.78, 5) is 13.8. The maximum absolute atomic E-state index is 11.1. The molecule has 1 aromatic rings. The summed E-state index contributed by atoms with van der Waals surface area (Å²) in [6, 6.07) is 2.73. The van der Waals surface area contributed by atoms with Crippen molar-refractivity contribution in [2.45, 2.75) is 45.2 Å². The molecule has 1 heterocycles. The molecule has 0 aliphatic heterocycles. The molecule has 3 rings (SSSR count). The van der Waals surface area contributed by atoms with Gasteiger partial charge in [0, 0.05) is 26.8 Å². The van der Waals surface area contributed by atoms with E-state index in [2.05, 4.69) is 34.2 Å². The number of rotatable bonds is 5. The van der Waals surface area contributed by atoms with Gasteiger partial charge in [-0.1, -0.05) is 6.92 Å². The van der Waals surface area contributed by atoms with Crippen LogP contribution >= 0.6 is 27.3 Å². The van der Waals surface area contributed by atoms with Crippen LogP contribution in [0.25, 0.3) is 0 Å². The van der Waals surface area contributed by atoms with E-state index in [0.29, 0.717) is 17.9 Å². The third-order valence-electron chi connectivity index (χ3n) is 4.85. The summed E-state index contributed by atoms with van der Waals surface area (Å²) in [5.41, 5.74) is 0. The van der Waals surface area contributed by atoms with Gasteiger partial charge in [-0.2, -0.15) is 0 Å². The first-order chi connectivity index (χ1) is 9.58. The first-order valence-corrected chi connectivity index (χ1v) is 8.92. The van der Waals surface area contributed by atoms with Crippen molar-refractivity contribution in [3.63, 3.8) is 0 Å². The number of aliphatic carboxylic acids is 1. The Morgan fingerprint density at radius 1 is 1.50 bits per heavy atom. The van der Waals surface area contributed by atoms with Crippen LogP contribution in [0.15, 0.2) is 10.5 Å². The van der Waals surface area contributed by atoms with Crippen LogP contribution in [-0.4, -0.2) is 17.1 Å². The minimum atomic E-state index is -0.605. The van der Waals surface area contributed by atoms with Crippen LogP contribution in [-0.2, 0) is 17.8 Å². The lowest BCUT2D eigenvalue weighted by Crippen LogP contribution is -2.47. The Balaban J connectivity index is 1.53. The van der Waals surface area contributed by atoms with Gasteiger partial charge in [0.2, 0.25) is 0 Å². The molecule has 0 saturated heterocycles. The largest absolute Gasteiger partial charge is 0.481 e. The third kappa shape index (κ3) is 2.68. The lowest BCUT2D eigenvalue weighted by atomic mass is 9.71. The second kappa shape index (κ2) is 5.78. The molecule has 110 valence electrons. The average molecular weight is 358 g/mol. The Labute approximate surface area is 131 Å². The van der Waals surface area contributed by atoms with Crippen LogP contribution in [0.1, 0.15) is 35.9 Å². The number of carbonyl (C=O) groups is 1. The molecule has 0 spiro atoms. The Morgan fingerprint density at radius 2 is 2.30 bits per heavy atom. The van der Waals surface area contributed by atoms with E-state index in [0.717, 1.165) is 32.2 Å². The first kappa shape index (κ1) is 14.5. The second-order valence-electron chi connectivity index (χ2n) is 5.99. The van der Waals surface area contributed by atoms with E-state index in [9.17, 15) is 4.79 Å². The van der Waals surface area contributed by atoms with Crippen molar-refractivity contribution >= 4 is 33.2 Å². The van der Waals surface area contributed by atoms with Crippen LogP contribution in [0.4, 0.5) is 0 Å². The van der Waals surface area contributed by atoms with Crippen LogP contribution < -0.4 is 5.32 Å². The Kier molecular flexibility index (Phi) is 4.20. The van der Waals surface area contributed by atoms with Crippen molar-refractivity contribution in [3.05, 3.63) is 20.3 Å². The van der Waals surface area contributed by atoms with Gasteiger partial charge in [0.05, 0.1) is 5.92 Å². The summed E-state index contributed by atoms with van der Waals surface area (Å²) in [5, 5.41) is 12.7. The van der Waals surface area contributed by atoms with Gasteiger partial charge in [0.25, 0.3) is 0 Å². The Morgan fingerprint density at radius 3 is 2.95 bits per heavy atom. The van der Waals surface area contributed by atoms with Crippen molar-refractivity contribution in [2.24, 2.45) is 17.8 Å². The molecule has 0 bridgehead atoms. The highest BCUT2D eigenvalue weighted by atomic mass is 79.9. The fourth-order valence-corrected chi connectivity index (χ4v) is 5.40. The third-order valence-corrected chi connectivity index (χ3v) is 7.10. The van der Waals surface area contributed by atoms with Crippen molar-refractivity contribution in [3.8, 4) is 0 Å². The van der Waals surface area contributed by atoms with E-state index in [1.54, 1.807) is 0 Å². The maximum atomic E-state index is 11.1. The molecule has 3 nitrogen and oxygen atoms in total. The minimum Gasteiger partial charge on any atom is -0.481 e. The van der Waals surface area contributed by atoms with E-state index in [1.165, 1.54) is 14.2 Å². The summed E-state index contributed by atoms with van der Waals surface area (Å²) in [6.45, 7) is 3.08. The molecule has 0 amide bonds. The smallest absolute Gasteiger partial charge is 0.306 e. The van der Waals surface area contributed by atoms with E-state index in [4.69, 9.17) is 5.11 Å². The van der Waals surface area contributed by atoms with Crippen LogP contribution in [0.3, 0.4) is 0 Å². The van der Waals surface area contributed by atoms with Crippen LogP contribution in [0, 0.1) is 17.8 Å². The monoisotopic (exact) mass is 357 g/mol. The molecule has 20 heavy (non-hydrogen) atoms. The molecule has 5 heteroatoms. The molecule has 1 aromatic heterocycles. The highest BCUT2D eigenvalue weighted by molar-refractivity contribution is 9.10. The highest BCUT2D eigenvalue weighted by Crippen LogP contribution is 2.49. The lowest BCUT2D eigenvalue weighted by Gasteiger charge is -2.41. The van der Waals surface area contributed by atoms with Crippen molar-refractivity contribution in [1.82, 2.24) is 5.32 Å². The molecule has 2 saturated carbocycles. The van der Waals surface area contributed by atoms with Gasteiger partial charge in [-0.3, -0.25) is 4.79 Å². The molecule has 2 aliphatic rings. The van der Waals surface area contributed by atoms with E-state index in [1.807, 2.05) is 11.3 Å². The van der Waals surface area contributed by atoms with Crippen molar-refractivity contribution in [1.29, 1.82) is 0 Å². The SMILES string of the molecule is CCc1cc(Br)c(CNC2CC3CC(C(=O)O)CC32)s1. The molecule has 2 aliphatic carbocycles. The van der Waals surface area contributed by atoms with Gasteiger partial charge >= 0.3 is 5.97 Å². The van der Waals surface area contributed by atoms with E-state index < -0.39 is 5.97 Å². The number of aryl methyl sites for hydroxylation is 1. The van der Waals surface area contributed by atoms with Gasteiger partial charge in [-0.05, 0) is 59.5 Å². The fourth-order valence-electron chi connectivity index (χ4n) is 3.64. The van der Waals surface area contributed by atoms with Crippen LogP contribution in [0.2, 0.25) is 0 Å². The number of halogens is 1. The summed E-state index contributed by atoms with van der Waals surface area (Å²) >= 11 is 5.49. The number of fused-ring (bicyclic) bond motifs is 1. The number of nitrogens with one attached hydrogen (secondary N) is 1. The van der Waals surface area contributed by atoms with Gasteiger partial charge in [0.1, 0.15) is 0 Å². The van der Waals surface area contributed by atoms with E-state index >= 15 is 0 Å². The number of carboxylic acid groups (broad SMARTS) is 1. The maximum Gasteiger partial charge on any atom is 0.306 e. The topological polar surface area (TPSA) is 49.3 Å². The molecule has 0 radical (unpaired) electrons. The number of hydrogen-bond donors (Lipinski definition) is 2. The lowest BCUT2D eigenvalue weighted by molar-refractivity contribution is -0.141. The minimum absolute atomic E-state index is 0.100. The molecular formula is C15H20BrNO2S. The number of thiophene rings is 1. The van der Waals surface area contributed by atoms with E-state index in [-0.39, 0.29) is 5.92 Å². The van der Waals surface area contributed by atoms with Crippen molar-refractivity contribution < 1.29 is 9.90 Å². The zero-order valence-electron chi connectivity index (χ0n) is 11.6. The normalized spacial score (nSPS) is 31.9. The zero-order valence-corrected chi connectivity index (χ0v) is 14.0. The number of carboxylic acids is 1. The summed E-state index contributed by atoms with van der Waals surface area (Å²) in [5.74, 6) is 0.524. The molecule has 2 fully saturated rings. The Bertz CT molecular complexity index is 516. The number of hydrogen-bond acceptors (Lipinski definition) is 3. The molecule has 2 N–H and O–H groups in total. The van der Waals surface area contributed by atoms with Crippen LogP contribution in [0.5, 0.6) is 0 Å². The predicted octanol–water partition coefficient (Wildman–Crippen LogP) is 3.66. The molecule has 0 aromatic carbocycles. The summed E-state index contributed by atoms with van der Waals surface area (Å²) in [7, 11) is 0. The van der Waals surface area contributed by atoms with Gasteiger partial charge < -0.3 is 10.4 Å². The summed E-state index contributed by atoms with van der Waals surface area (Å²) in [6.07, 6.45) is 3.99. The van der Waals surface area contributed by atoms with Gasteiger partial charge in [0.15, 0.2) is 0 Å².